The molecule has 0 radical (unpaired) electrons. The highest BCUT2D eigenvalue weighted by Gasteiger charge is 2.07. The summed E-state index contributed by atoms with van der Waals surface area (Å²) in [5.74, 6) is 0.120. The van der Waals surface area contributed by atoms with Crippen LogP contribution in [0.3, 0.4) is 0 Å². The Labute approximate surface area is 150 Å². The zero-order valence-corrected chi connectivity index (χ0v) is 14.8. The Bertz CT molecular complexity index is 906. The summed E-state index contributed by atoms with van der Waals surface area (Å²) in [5, 5.41) is 10.8. The molecule has 3 aromatic rings. The van der Waals surface area contributed by atoms with Crippen LogP contribution < -0.4 is 10.6 Å². The Morgan fingerprint density at radius 3 is 2.76 bits per heavy atom. The molecule has 0 unspecified atom stereocenters. The van der Waals surface area contributed by atoms with Crippen LogP contribution in [0.5, 0.6) is 0 Å². The van der Waals surface area contributed by atoms with Gasteiger partial charge in [0.15, 0.2) is 5.11 Å². The fraction of sp³-hybridized carbons (Fsp3) is 0.167. The number of aromatic nitrogens is 3. The predicted octanol–water partition coefficient (Wildman–Crippen LogP) is 3.89. The van der Waals surface area contributed by atoms with Gasteiger partial charge in [-0.25, -0.2) is 14.1 Å². The molecule has 5 nitrogen and oxygen atoms in total. The van der Waals surface area contributed by atoms with E-state index < -0.39 is 0 Å². The SMILES string of the molecule is Cc1cccc(NC(=S)Nc2ncn(Cc3cccc(F)c3)n2)c1C. The summed E-state index contributed by atoms with van der Waals surface area (Å²) in [6, 6.07) is 12.4. The summed E-state index contributed by atoms with van der Waals surface area (Å²) < 4.78 is 14.9. The summed E-state index contributed by atoms with van der Waals surface area (Å²) in [7, 11) is 0. The van der Waals surface area contributed by atoms with Crippen LogP contribution >= 0.6 is 12.2 Å². The van der Waals surface area contributed by atoms with Crippen molar-refractivity contribution >= 4 is 29.0 Å². The number of nitrogens with one attached hydrogen (secondary N) is 2. The first-order valence-electron chi connectivity index (χ1n) is 7.79. The molecule has 0 aliphatic carbocycles. The predicted molar refractivity (Wildman–Crippen MR) is 101 cm³/mol. The van der Waals surface area contributed by atoms with Crippen molar-refractivity contribution in [1.82, 2.24) is 14.8 Å². The van der Waals surface area contributed by atoms with Crippen LogP contribution in [0.25, 0.3) is 0 Å². The third-order valence-electron chi connectivity index (χ3n) is 3.85. The van der Waals surface area contributed by atoms with Crippen LogP contribution in [0.2, 0.25) is 0 Å². The molecular formula is C18H18FN5S. The summed E-state index contributed by atoms with van der Waals surface area (Å²) in [6.07, 6.45) is 1.58. The Morgan fingerprint density at radius 1 is 1.16 bits per heavy atom. The molecule has 0 fully saturated rings. The number of rotatable bonds is 4. The van der Waals surface area contributed by atoms with Gasteiger partial charge in [0.1, 0.15) is 12.1 Å². The molecule has 1 heterocycles. The number of thiocarbonyl (C=S) groups is 1. The molecule has 2 aromatic carbocycles. The maximum Gasteiger partial charge on any atom is 0.248 e. The van der Waals surface area contributed by atoms with E-state index in [4.69, 9.17) is 12.2 Å². The Morgan fingerprint density at radius 2 is 1.96 bits per heavy atom. The molecule has 25 heavy (non-hydrogen) atoms. The summed E-state index contributed by atoms with van der Waals surface area (Å²) in [4.78, 5) is 4.18. The first-order valence-corrected chi connectivity index (χ1v) is 8.20. The summed E-state index contributed by atoms with van der Waals surface area (Å²) in [6.45, 7) is 4.52. The first kappa shape index (κ1) is 17.0. The number of halogens is 1. The van der Waals surface area contributed by atoms with Crippen molar-refractivity contribution in [3.63, 3.8) is 0 Å². The molecule has 2 N–H and O–H groups in total. The number of benzene rings is 2. The number of hydrogen-bond acceptors (Lipinski definition) is 3. The van der Waals surface area contributed by atoms with Gasteiger partial charge in [-0.1, -0.05) is 24.3 Å². The second kappa shape index (κ2) is 7.40. The molecule has 1 aromatic heterocycles. The van der Waals surface area contributed by atoms with Gasteiger partial charge in [-0.15, -0.1) is 5.10 Å². The van der Waals surface area contributed by atoms with E-state index in [0.29, 0.717) is 17.6 Å². The summed E-state index contributed by atoms with van der Waals surface area (Å²) >= 11 is 5.32. The summed E-state index contributed by atoms with van der Waals surface area (Å²) in [5.41, 5.74) is 4.07. The first-order chi connectivity index (χ1) is 12.0. The maximum absolute atomic E-state index is 13.2. The van der Waals surface area contributed by atoms with E-state index in [1.165, 1.54) is 17.7 Å². The van der Waals surface area contributed by atoms with Crippen LogP contribution in [0.4, 0.5) is 16.0 Å². The van der Waals surface area contributed by atoms with E-state index >= 15 is 0 Å². The van der Waals surface area contributed by atoms with Crippen LogP contribution in [0, 0.1) is 19.7 Å². The lowest BCUT2D eigenvalue weighted by Crippen LogP contribution is -2.20. The zero-order chi connectivity index (χ0) is 17.8. The molecule has 0 saturated carbocycles. The molecule has 0 spiro atoms. The highest BCUT2D eigenvalue weighted by Crippen LogP contribution is 2.18. The molecule has 0 amide bonds. The van der Waals surface area contributed by atoms with E-state index in [9.17, 15) is 4.39 Å². The van der Waals surface area contributed by atoms with E-state index in [2.05, 4.69) is 20.7 Å². The molecular weight excluding hydrogens is 337 g/mol. The zero-order valence-electron chi connectivity index (χ0n) is 14.0. The maximum atomic E-state index is 13.2. The van der Waals surface area contributed by atoms with Gasteiger partial charge < -0.3 is 5.32 Å². The number of nitrogens with zero attached hydrogens (tertiary/aromatic N) is 3. The Kier molecular flexibility index (Phi) is 5.04. The van der Waals surface area contributed by atoms with E-state index in [-0.39, 0.29) is 5.82 Å². The van der Waals surface area contributed by atoms with Crippen LogP contribution in [-0.4, -0.2) is 19.9 Å². The number of anilines is 2. The van der Waals surface area contributed by atoms with E-state index in [1.54, 1.807) is 17.1 Å². The van der Waals surface area contributed by atoms with Gasteiger partial charge in [-0.2, -0.15) is 0 Å². The smallest absolute Gasteiger partial charge is 0.248 e. The second-order valence-electron chi connectivity index (χ2n) is 5.72. The molecule has 7 heteroatoms. The van der Waals surface area contributed by atoms with Gasteiger partial charge in [0.2, 0.25) is 5.95 Å². The van der Waals surface area contributed by atoms with Crippen molar-refractivity contribution in [3.8, 4) is 0 Å². The van der Waals surface area contributed by atoms with Crippen LogP contribution in [-0.2, 0) is 6.54 Å². The van der Waals surface area contributed by atoms with Crippen LogP contribution in [0.15, 0.2) is 48.8 Å². The minimum Gasteiger partial charge on any atom is -0.332 e. The lowest BCUT2D eigenvalue weighted by molar-refractivity contribution is 0.619. The van der Waals surface area contributed by atoms with Crippen molar-refractivity contribution in [1.29, 1.82) is 0 Å². The van der Waals surface area contributed by atoms with Gasteiger partial charge >= 0.3 is 0 Å². The van der Waals surface area contributed by atoms with Crippen molar-refractivity contribution < 1.29 is 4.39 Å². The molecule has 3 rings (SSSR count). The molecule has 128 valence electrons. The quantitative estimate of drug-likeness (QED) is 0.696. The molecule has 0 atom stereocenters. The van der Waals surface area contributed by atoms with Crippen LogP contribution in [0.1, 0.15) is 16.7 Å². The van der Waals surface area contributed by atoms with E-state index in [1.807, 2.05) is 38.1 Å². The van der Waals surface area contributed by atoms with Gasteiger partial charge in [-0.3, -0.25) is 5.32 Å². The van der Waals surface area contributed by atoms with Crippen molar-refractivity contribution in [3.05, 3.63) is 71.3 Å². The minimum absolute atomic E-state index is 0.269. The van der Waals surface area contributed by atoms with Gasteiger partial charge in [0.25, 0.3) is 0 Å². The van der Waals surface area contributed by atoms with Crippen molar-refractivity contribution in [2.45, 2.75) is 20.4 Å². The van der Waals surface area contributed by atoms with E-state index in [0.717, 1.165) is 16.8 Å². The molecule has 0 aliphatic rings. The Hall–Kier alpha value is -2.80. The fourth-order valence-electron chi connectivity index (χ4n) is 2.39. The highest BCUT2D eigenvalue weighted by molar-refractivity contribution is 7.80. The lowest BCUT2D eigenvalue weighted by Gasteiger charge is -2.12. The largest absolute Gasteiger partial charge is 0.332 e. The normalized spacial score (nSPS) is 10.5. The topological polar surface area (TPSA) is 54.8 Å². The van der Waals surface area contributed by atoms with Crippen molar-refractivity contribution in [2.24, 2.45) is 0 Å². The number of aryl methyl sites for hydroxylation is 1. The van der Waals surface area contributed by atoms with Crippen molar-refractivity contribution in [2.75, 3.05) is 10.6 Å². The number of hydrogen-bond donors (Lipinski definition) is 2. The standard InChI is InChI=1S/C18H18FN5S/c1-12-5-3-8-16(13(12)2)21-18(25)22-17-20-11-24(23-17)10-14-6-4-7-15(19)9-14/h3-9,11H,10H2,1-2H3,(H2,21,22,23,25). The highest BCUT2D eigenvalue weighted by atomic mass is 32.1. The lowest BCUT2D eigenvalue weighted by atomic mass is 10.1. The minimum atomic E-state index is -0.269. The Balaban J connectivity index is 1.63. The van der Waals surface area contributed by atoms with Gasteiger partial charge in [-0.05, 0) is 61.0 Å². The molecule has 0 aliphatic heterocycles. The molecule has 0 saturated heterocycles. The van der Waals surface area contributed by atoms with Gasteiger partial charge in [0, 0.05) is 5.69 Å². The monoisotopic (exact) mass is 355 g/mol. The molecule has 0 bridgehead atoms. The third-order valence-corrected chi connectivity index (χ3v) is 4.05. The average molecular weight is 355 g/mol. The fourth-order valence-corrected chi connectivity index (χ4v) is 2.59. The average Bonchev–Trinajstić information content (AvgIpc) is 2.98. The third kappa shape index (κ3) is 4.39. The second-order valence-corrected chi connectivity index (χ2v) is 6.13. The van der Waals surface area contributed by atoms with Gasteiger partial charge in [0.05, 0.1) is 6.54 Å².